The van der Waals surface area contributed by atoms with Gasteiger partial charge in [-0.25, -0.2) is 0 Å². The van der Waals surface area contributed by atoms with Gasteiger partial charge in [-0.15, -0.1) is 11.3 Å². The maximum Gasteiger partial charge on any atom is 0.393 e. The van der Waals surface area contributed by atoms with Crippen molar-refractivity contribution in [1.29, 1.82) is 0 Å². The quantitative estimate of drug-likeness (QED) is 0.745. The van der Waals surface area contributed by atoms with Crippen molar-refractivity contribution in [2.24, 2.45) is 0 Å². The highest BCUT2D eigenvalue weighted by molar-refractivity contribution is 7.18. The third kappa shape index (κ3) is 2.23. The summed E-state index contributed by atoms with van der Waals surface area (Å²) in [6.07, 6.45) is -3.75. The zero-order chi connectivity index (χ0) is 11.1. The topological polar surface area (TPSA) is 12.9 Å². The lowest BCUT2D eigenvalue weighted by Crippen LogP contribution is -2.11. The number of fused-ring (bicyclic) bond motifs is 1. The van der Waals surface area contributed by atoms with Crippen molar-refractivity contribution >= 4 is 33.2 Å². The Labute approximate surface area is 92.5 Å². The van der Waals surface area contributed by atoms with E-state index < -0.39 is 12.6 Å². The number of nitrogens with zero attached hydrogens (tertiary/aromatic N) is 1. The van der Waals surface area contributed by atoms with Crippen LogP contribution in [0, 0.1) is 0 Å². The first-order chi connectivity index (χ1) is 6.97. The van der Waals surface area contributed by atoms with E-state index in [1.807, 2.05) is 0 Å². The maximum absolute atomic E-state index is 12.2. The van der Waals surface area contributed by atoms with E-state index in [0.717, 1.165) is 0 Å². The molecule has 0 bridgehead atoms. The summed E-state index contributed by atoms with van der Waals surface area (Å²) in [5.41, 5.74) is 0.537. The molecule has 0 radical (unpaired) electrons. The Kier molecular flexibility index (Phi) is 2.60. The van der Waals surface area contributed by atoms with Crippen LogP contribution in [-0.2, 0) is 6.42 Å². The Morgan fingerprint density at radius 2 is 2.13 bits per heavy atom. The Morgan fingerprint density at radius 1 is 1.40 bits per heavy atom. The SMILES string of the molecule is FC(F)(F)Cc1csc2c(Cl)ccnc12. The van der Waals surface area contributed by atoms with E-state index in [1.54, 1.807) is 6.07 Å². The van der Waals surface area contributed by atoms with Crippen LogP contribution in [0.1, 0.15) is 5.56 Å². The fraction of sp³-hybridized carbons (Fsp3) is 0.222. The molecule has 0 spiro atoms. The highest BCUT2D eigenvalue weighted by Crippen LogP contribution is 2.33. The average Bonchev–Trinajstić information content (AvgIpc) is 2.48. The molecule has 2 heterocycles. The van der Waals surface area contributed by atoms with Crippen molar-refractivity contribution in [3.05, 3.63) is 28.2 Å². The van der Waals surface area contributed by atoms with Crippen LogP contribution in [0.15, 0.2) is 17.6 Å². The fourth-order valence-electron chi connectivity index (χ4n) is 1.29. The van der Waals surface area contributed by atoms with Gasteiger partial charge in [-0.1, -0.05) is 11.6 Å². The van der Waals surface area contributed by atoms with E-state index in [1.165, 1.54) is 22.9 Å². The van der Waals surface area contributed by atoms with E-state index in [2.05, 4.69) is 4.98 Å². The van der Waals surface area contributed by atoms with Crippen LogP contribution < -0.4 is 0 Å². The predicted molar refractivity (Wildman–Crippen MR) is 54.4 cm³/mol. The zero-order valence-electron chi connectivity index (χ0n) is 7.31. The molecule has 15 heavy (non-hydrogen) atoms. The molecule has 0 aliphatic carbocycles. The van der Waals surface area contributed by atoms with Gasteiger partial charge >= 0.3 is 6.18 Å². The van der Waals surface area contributed by atoms with Crippen LogP contribution in [0.4, 0.5) is 13.2 Å². The van der Waals surface area contributed by atoms with E-state index in [0.29, 0.717) is 15.2 Å². The minimum absolute atomic E-state index is 0.185. The van der Waals surface area contributed by atoms with Crippen LogP contribution in [0.2, 0.25) is 5.02 Å². The normalized spacial score (nSPS) is 12.3. The lowest BCUT2D eigenvalue weighted by molar-refractivity contribution is -0.126. The number of hydrogen-bond acceptors (Lipinski definition) is 2. The number of pyridine rings is 1. The van der Waals surface area contributed by atoms with Gasteiger partial charge in [-0.05, 0) is 17.0 Å². The van der Waals surface area contributed by atoms with Crippen molar-refractivity contribution in [2.75, 3.05) is 0 Å². The number of rotatable bonds is 1. The van der Waals surface area contributed by atoms with Crippen molar-refractivity contribution in [2.45, 2.75) is 12.6 Å². The standard InChI is InChI=1S/C9H5ClF3NS/c10-6-1-2-14-7-5(3-9(11,12)13)4-15-8(6)7/h1-2,4H,3H2. The molecule has 80 valence electrons. The lowest BCUT2D eigenvalue weighted by atomic mass is 10.2. The summed E-state index contributed by atoms with van der Waals surface area (Å²) in [6, 6.07) is 1.57. The van der Waals surface area contributed by atoms with Gasteiger partial charge in [-0.2, -0.15) is 13.2 Å². The molecule has 0 fully saturated rings. The molecule has 0 atom stereocenters. The lowest BCUT2D eigenvalue weighted by Gasteiger charge is -2.04. The number of aromatic nitrogens is 1. The molecule has 2 aromatic heterocycles. The molecule has 0 saturated heterocycles. The molecule has 2 rings (SSSR count). The summed E-state index contributed by atoms with van der Waals surface area (Å²) in [4.78, 5) is 3.91. The fourth-order valence-corrected chi connectivity index (χ4v) is 2.50. The molecule has 6 heteroatoms. The van der Waals surface area contributed by atoms with Crippen LogP contribution in [0.25, 0.3) is 10.2 Å². The van der Waals surface area contributed by atoms with Crippen LogP contribution in [-0.4, -0.2) is 11.2 Å². The van der Waals surface area contributed by atoms with Gasteiger partial charge < -0.3 is 0 Å². The van der Waals surface area contributed by atoms with Crippen molar-refractivity contribution < 1.29 is 13.2 Å². The smallest absolute Gasteiger partial charge is 0.255 e. The molecular weight excluding hydrogens is 247 g/mol. The van der Waals surface area contributed by atoms with Gasteiger partial charge in [0.05, 0.1) is 21.7 Å². The Morgan fingerprint density at radius 3 is 2.80 bits per heavy atom. The summed E-state index contributed by atoms with van der Waals surface area (Å²) < 4.78 is 37.2. The van der Waals surface area contributed by atoms with Crippen molar-refractivity contribution in [3.63, 3.8) is 0 Å². The molecule has 0 unspecified atom stereocenters. The summed E-state index contributed by atoms with van der Waals surface area (Å²) in [6.45, 7) is 0. The molecule has 0 saturated carbocycles. The van der Waals surface area contributed by atoms with Gasteiger partial charge in [0.2, 0.25) is 0 Å². The molecule has 0 N–H and O–H groups in total. The molecule has 1 nitrogen and oxygen atoms in total. The third-order valence-electron chi connectivity index (χ3n) is 1.87. The molecule has 2 aromatic rings. The summed E-state index contributed by atoms with van der Waals surface area (Å²) in [5.74, 6) is 0. The second-order valence-electron chi connectivity index (χ2n) is 3.02. The first-order valence-electron chi connectivity index (χ1n) is 4.05. The number of alkyl halides is 3. The minimum atomic E-state index is -4.21. The minimum Gasteiger partial charge on any atom is -0.255 e. The monoisotopic (exact) mass is 251 g/mol. The highest BCUT2D eigenvalue weighted by Gasteiger charge is 2.29. The highest BCUT2D eigenvalue weighted by atomic mass is 35.5. The van der Waals surface area contributed by atoms with E-state index in [4.69, 9.17) is 11.6 Å². The third-order valence-corrected chi connectivity index (χ3v) is 3.35. The summed E-state index contributed by atoms with van der Waals surface area (Å²) in [5, 5.41) is 1.90. The van der Waals surface area contributed by atoms with Gasteiger partial charge in [-0.3, -0.25) is 4.98 Å². The summed E-state index contributed by atoms with van der Waals surface area (Å²) >= 11 is 7.02. The van der Waals surface area contributed by atoms with E-state index >= 15 is 0 Å². The van der Waals surface area contributed by atoms with Crippen molar-refractivity contribution in [3.8, 4) is 0 Å². The number of thiophene rings is 1. The van der Waals surface area contributed by atoms with Crippen LogP contribution in [0.5, 0.6) is 0 Å². The Bertz CT molecular complexity index is 492. The van der Waals surface area contributed by atoms with Gasteiger partial charge in [0.25, 0.3) is 0 Å². The van der Waals surface area contributed by atoms with Crippen LogP contribution >= 0.6 is 22.9 Å². The average molecular weight is 252 g/mol. The van der Waals surface area contributed by atoms with Crippen molar-refractivity contribution in [1.82, 2.24) is 4.98 Å². The van der Waals surface area contributed by atoms with E-state index in [9.17, 15) is 13.2 Å². The molecule has 0 amide bonds. The van der Waals surface area contributed by atoms with E-state index in [-0.39, 0.29) is 5.56 Å². The number of hydrogen-bond donors (Lipinski definition) is 0. The van der Waals surface area contributed by atoms with Gasteiger partial charge in [0, 0.05) is 6.20 Å². The Hall–Kier alpha value is -0.810. The van der Waals surface area contributed by atoms with Gasteiger partial charge in [0.15, 0.2) is 0 Å². The Balaban J connectivity index is 2.50. The first kappa shape index (κ1) is 10.7. The summed E-state index contributed by atoms with van der Waals surface area (Å²) in [7, 11) is 0. The predicted octanol–water partition coefficient (Wildman–Crippen LogP) is 4.05. The molecule has 0 aliphatic heterocycles. The molecular formula is C9H5ClF3NS. The second kappa shape index (κ2) is 3.64. The van der Waals surface area contributed by atoms with Gasteiger partial charge in [0.1, 0.15) is 0 Å². The number of halogens is 4. The first-order valence-corrected chi connectivity index (χ1v) is 5.30. The maximum atomic E-state index is 12.2. The van der Waals surface area contributed by atoms with Crippen LogP contribution in [0.3, 0.4) is 0 Å². The largest absolute Gasteiger partial charge is 0.393 e. The molecule has 0 aromatic carbocycles. The zero-order valence-corrected chi connectivity index (χ0v) is 8.88. The molecule has 0 aliphatic rings. The second-order valence-corrected chi connectivity index (χ2v) is 4.31.